The number of carbonyl (C=O) groups excluding carboxylic acids is 5. The van der Waals surface area contributed by atoms with Crippen LogP contribution < -0.4 is 5.32 Å². The van der Waals surface area contributed by atoms with Gasteiger partial charge in [0.1, 0.15) is 18.1 Å². The first kappa shape index (κ1) is 53.7. The van der Waals surface area contributed by atoms with Gasteiger partial charge < -0.3 is 39.4 Å². The SMILES string of the molecule is CC=CC(=O)CC1CCC(C)C(CC(=O)CCC(O)C(C)C(=O)NCCCC2OC3(CCCC(CCC(C)C=C(C)C(C)OC(=O)C4CCC(CN5C(=O)C=CC5O)CC4)O3)CCC2C)O1. The molecule has 4 fully saturated rings. The molecular formula is C53H84N2O11. The summed E-state index contributed by atoms with van der Waals surface area (Å²) in [5.74, 6) is -0.718. The van der Waals surface area contributed by atoms with Crippen LogP contribution in [0.4, 0.5) is 0 Å². The van der Waals surface area contributed by atoms with Crippen LogP contribution in [-0.4, -0.2) is 106 Å². The molecule has 4 aliphatic heterocycles. The molecule has 0 radical (unpaired) electrons. The van der Waals surface area contributed by atoms with Gasteiger partial charge in [0.05, 0.1) is 42.4 Å². The summed E-state index contributed by atoms with van der Waals surface area (Å²) in [5.41, 5.74) is 1.04. The molecule has 3 saturated heterocycles. The Labute approximate surface area is 395 Å². The molecule has 372 valence electrons. The summed E-state index contributed by atoms with van der Waals surface area (Å²) in [6, 6.07) is 0. The van der Waals surface area contributed by atoms with E-state index in [9.17, 15) is 34.2 Å². The van der Waals surface area contributed by atoms with Gasteiger partial charge in [-0.05, 0) is 152 Å². The van der Waals surface area contributed by atoms with Gasteiger partial charge in [-0.25, -0.2) is 0 Å². The molecule has 0 aromatic carbocycles. The Morgan fingerprint density at radius 1 is 0.924 bits per heavy atom. The lowest BCUT2D eigenvalue weighted by molar-refractivity contribution is -0.324. The van der Waals surface area contributed by atoms with Crippen molar-refractivity contribution in [3.05, 3.63) is 36.0 Å². The normalized spacial score (nSPS) is 32.6. The number of hydrogen-bond donors (Lipinski definition) is 3. The largest absolute Gasteiger partial charge is 0.458 e. The van der Waals surface area contributed by atoms with Gasteiger partial charge in [0.2, 0.25) is 11.8 Å². The molecule has 66 heavy (non-hydrogen) atoms. The molecule has 4 heterocycles. The molecule has 3 N–H and O–H groups in total. The number of aliphatic hydroxyl groups excluding tert-OH is 2. The van der Waals surface area contributed by atoms with Crippen molar-refractivity contribution in [3.63, 3.8) is 0 Å². The minimum Gasteiger partial charge on any atom is -0.458 e. The summed E-state index contributed by atoms with van der Waals surface area (Å²) >= 11 is 0. The monoisotopic (exact) mass is 925 g/mol. The van der Waals surface area contributed by atoms with Crippen LogP contribution in [-0.2, 0) is 42.9 Å². The van der Waals surface area contributed by atoms with Crippen molar-refractivity contribution in [1.29, 1.82) is 0 Å². The van der Waals surface area contributed by atoms with Crippen LogP contribution in [0.1, 0.15) is 170 Å². The molecule has 1 aliphatic carbocycles. The van der Waals surface area contributed by atoms with Crippen LogP contribution in [0, 0.1) is 35.5 Å². The Bertz CT molecular complexity index is 1700. The molecule has 13 nitrogen and oxygen atoms in total. The Morgan fingerprint density at radius 2 is 1.67 bits per heavy atom. The number of esters is 1. The number of allylic oxidation sites excluding steroid dienone is 3. The molecule has 0 aromatic heterocycles. The van der Waals surface area contributed by atoms with Crippen LogP contribution in [0.15, 0.2) is 36.0 Å². The number of rotatable bonds is 23. The van der Waals surface area contributed by atoms with Gasteiger partial charge in [0, 0.05) is 51.3 Å². The minimum atomic E-state index is -0.933. The van der Waals surface area contributed by atoms with Crippen LogP contribution in [0.5, 0.6) is 0 Å². The minimum absolute atomic E-state index is 0.00233. The molecule has 5 aliphatic rings. The maximum atomic E-state index is 13.1. The highest BCUT2D eigenvalue weighted by Crippen LogP contribution is 2.43. The third-order valence-corrected chi connectivity index (χ3v) is 15.4. The van der Waals surface area contributed by atoms with E-state index >= 15 is 0 Å². The molecule has 0 aromatic rings. The van der Waals surface area contributed by atoms with Gasteiger partial charge in [0.15, 0.2) is 11.6 Å². The van der Waals surface area contributed by atoms with Crippen molar-refractivity contribution >= 4 is 29.4 Å². The van der Waals surface area contributed by atoms with Crippen molar-refractivity contribution < 1.29 is 53.1 Å². The number of aliphatic hydroxyl groups is 2. The third kappa shape index (κ3) is 16.2. The zero-order valence-electron chi connectivity index (χ0n) is 41.3. The predicted molar refractivity (Wildman–Crippen MR) is 253 cm³/mol. The average molecular weight is 925 g/mol. The first-order chi connectivity index (χ1) is 31.4. The standard InChI is InChI=1S/C53H84N2O11/c1-8-11-42(56)31-45-22-15-35(3)48(64-45)32-43(57)20-23-46(58)38(6)51(61)54-29-10-13-47-36(4)26-28-53(66-47)27-9-12-44(65-53)21-14-34(2)30-37(5)39(7)63-52(62)41-18-16-40(17-19-41)33-55-49(59)24-25-50(55)60/h8,11,24-25,30,34-36,38-41,44-49,58-59H,9-10,12-23,26-29,31-33H2,1-7H3,(H,54,61). The number of amides is 2. The zero-order chi connectivity index (χ0) is 48.0. The quantitative estimate of drug-likeness (QED) is 0.0389. The summed E-state index contributed by atoms with van der Waals surface area (Å²) in [5, 5.41) is 23.9. The lowest BCUT2D eigenvalue weighted by Crippen LogP contribution is -2.50. The molecule has 13 heteroatoms. The number of hydrogen-bond acceptors (Lipinski definition) is 11. The molecule has 5 rings (SSSR count). The second-order valence-corrected chi connectivity index (χ2v) is 20.8. The number of ether oxygens (including phenoxy) is 4. The topological polar surface area (TPSA) is 178 Å². The van der Waals surface area contributed by atoms with Gasteiger partial charge in [-0.3, -0.25) is 24.0 Å². The van der Waals surface area contributed by atoms with E-state index in [2.05, 4.69) is 32.2 Å². The first-order valence-corrected chi connectivity index (χ1v) is 25.7. The van der Waals surface area contributed by atoms with Crippen molar-refractivity contribution in [2.24, 2.45) is 35.5 Å². The van der Waals surface area contributed by atoms with Crippen molar-refractivity contribution in [3.8, 4) is 0 Å². The van der Waals surface area contributed by atoms with Gasteiger partial charge in [0.25, 0.3) is 0 Å². The second-order valence-electron chi connectivity index (χ2n) is 20.8. The van der Waals surface area contributed by atoms with E-state index in [0.29, 0.717) is 25.4 Å². The fourth-order valence-corrected chi connectivity index (χ4v) is 10.7. The van der Waals surface area contributed by atoms with E-state index in [1.807, 2.05) is 20.8 Å². The fraction of sp³-hybridized carbons (Fsp3) is 0.792. The molecule has 2 amide bonds. The van der Waals surface area contributed by atoms with Crippen molar-refractivity contribution in [2.75, 3.05) is 13.1 Å². The van der Waals surface area contributed by atoms with E-state index in [4.69, 9.17) is 18.9 Å². The lowest BCUT2D eigenvalue weighted by Gasteiger charge is -2.48. The van der Waals surface area contributed by atoms with Crippen LogP contribution >= 0.6 is 0 Å². The first-order valence-electron chi connectivity index (χ1n) is 25.7. The summed E-state index contributed by atoms with van der Waals surface area (Å²) in [6.07, 6.45) is 20.1. The third-order valence-electron chi connectivity index (χ3n) is 15.4. The summed E-state index contributed by atoms with van der Waals surface area (Å²) in [7, 11) is 0. The molecule has 12 atom stereocenters. The summed E-state index contributed by atoms with van der Waals surface area (Å²) in [4.78, 5) is 64.6. The smallest absolute Gasteiger partial charge is 0.309 e. The highest BCUT2D eigenvalue weighted by Gasteiger charge is 2.44. The Kier molecular flexibility index (Phi) is 21.1. The van der Waals surface area contributed by atoms with E-state index in [1.165, 1.54) is 17.1 Å². The molecule has 12 unspecified atom stereocenters. The van der Waals surface area contributed by atoms with Gasteiger partial charge >= 0.3 is 5.97 Å². The number of nitrogens with zero attached hydrogens (tertiary/aromatic N) is 1. The number of nitrogens with one attached hydrogen (secondary N) is 1. The summed E-state index contributed by atoms with van der Waals surface area (Å²) < 4.78 is 25.7. The van der Waals surface area contributed by atoms with E-state index < -0.39 is 24.0 Å². The number of Topliss-reactive ketones (excluding diaryl/α,β-unsaturated/α-hetero) is 1. The molecule has 0 bridgehead atoms. The molecule has 1 saturated carbocycles. The lowest BCUT2D eigenvalue weighted by atomic mass is 9.81. The summed E-state index contributed by atoms with van der Waals surface area (Å²) in [6.45, 7) is 15.0. The maximum absolute atomic E-state index is 13.1. The Hall–Kier alpha value is -3.23. The highest BCUT2D eigenvalue weighted by molar-refractivity contribution is 5.90. The molecule has 1 spiro atoms. The average Bonchev–Trinajstić information content (AvgIpc) is 3.60. The molecular weight excluding hydrogens is 841 g/mol. The van der Waals surface area contributed by atoms with Gasteiger partial charge in [-0.15, -0.1) is 0 Å². The van der Waals surface area contributed by atoms with Gasteiger partial charge in [-0.1, -0.05) is 39.8 Å². The van der Waals surface area contributed by atoms with Crippen LogP contribution in [0.2, 0.25) is 0 Å². The van der Waals surface area contributed by atoms with Crippen LogP contribution in [0.25, 0.3) is 0 Å². The highest BCUT2D eigenvalue weighted by atomic mass is 16.7. The Morgan fingerprint density at radius 3 is 2.38 bits per heavy atom. The van der Waals surface area contributed by atoms with E-state index in [0.717, 1.165) is 102 Å². The Balaban J connectivity index is 0.959. The second kappa shape index (κ2) is 25.9. The van der Waals surface area contributed by atoms with Crippen molar-refractivity contribution in [1.82, 2.24) is 10.2 Å². The number of carbonyl (C=O) groups is 5. The number of ketones is 2. The zero-order valence-corrected chi connectivity index (χ0v) is 41.3. The van der Waals surface area contributed by atoms with E-state index in [-0.39, 0.29) is 103 Å². The fourth-order valence-electron chi connectivity index (χ4n) is 10.7. The van der Waals surface area contributed by atoms with E-state index in [1.54, 1.807) is 19.1 Å². The van der Waals surface area contributed by atoms with Crippen molar-refractivity contribution in [2.45, 2.75) is 219 Å². The predicted octanol–water partition coefficient (Wildman–Crippen LogP) is 8.24. The van der Waals surface area contributed by atoms with Crippen LogP contribution in [0.3, 0.4) is 0 Å². The maximum Gasteiger partial charge on any atom is 0.309 e. The van der Waals surface area contributed by atoms with Gasteiger partial charge in [-0.2, -0.15) is 0 Å².